The van der Waals surface area contributed by atoms with Gasteiger partial charge in [-0.15, -0.1) is 10.2 Å². The van der Waals surface area contributed by atoms with E-state index in [2.05, 4.69) is 87.9 Å². The molecule has 9 rings (SSSR count). The first-order valence-corrected chi connectivity index (χ1v) is 44.4. The molecule has 1 unspecified atom stereocenters. The third-order valence-electron chi connectivity index (χ3n) is 21.0. The molecule has 7 heterocycles. The first-order valence-electron chi connectivity index (χ1n) is 40.0. The lowest BCUT2D eigenvalue weighted by atomic mass is 9.79. The largest absolute Gasteiger partial charge is 0.452 e. The number of carbonyl (C=O) groups is 9. The predicted octanol–water partition coefficient (Wildman–Crippen LogP) is -5.08. The van der Waals surface area contributed by atoms with Crippen LogP contribution >= 0.6 is 0 Å². The van der Waals surface area contributed by atoms with E-state index in [1.807, 2.05) is 38.1 Å². The van der Waals surface area contributed by atoms with Crippen molar-refractivity contribution >= 4 is 95.5 Å². The number of hydrogen-bond donors (Lipinski definition) is 16. The zero-order valence-electron chi connectivity index (χ0n) is 68.6. The first kappa shape index (κ1) is 97.3. The average Bonchev–Trinajstić information content (AvgIpc) is 0.866. The Balaban J connectivity index is 0.760. The van der Waals surface area contributed by atoms with Crippen molar-refractivity contribution in [3.63, 3.8) is 0 Å². The van der Waals surface area contributed by atoms with Gasteiger partial charge < -0.3 is 97.3 Å². The van der Waals surface area contributed by atoms with Crippen LogP contribution in [0.15, 0.2) is 41.7 Å². The van der Waals surface area contributed by atoms with Crippen molar-refractivity contribution in [3.05, 3.63) is 69.9 Å². The fourth-order valence-corrected chi connectivity index (χ4v) is 17.2. The molecule has 0 radical (unpaired) electrons. The minimum atomic E-state index is -5.18. The molecule has 0 aliphatic carbocycles. The summed E-state index contributed by atoms with van der Waals surface area (Å²) >= 11 is 0. The molecule has 682 valence electrons. The topological polar surface area (TPSA) is 665 Å². The Bertz CT molecular complexity index is 4930. The maximum atomic E-state index is 14.0. The van der Waals surface area contributed by atoms with Gasteiger partial charge in [-0.05, 0) is 116 Å². The summed E-state index contributed by atoms with van der Waals surface area (Å²) in [5, 5.41) is 79.8. The van der Waals surface area contributed by atoms with Crippen molar-refractivity contribution < 1.29 is 135 Å². The molecule has 9 amide bonds. The third kappa shape index (κ3) is 28.8. The summed E-state index contributed by atoms with van der Waals surface area (Å²) < 4.78 is 143. The number of rotatable bonds is 46. The third-order valence-corrected chi connectivity index (χ3v) is 22.7. The molecule has 14 atom stereocenters. The summed E-state index contributed by atoms with van der Waals surface area (Å²) in [6.07, 6.45) is -6.22. The lowest BCUT2D eigenvalue weighted by Crippen LogP contribution is -2.65. The van der Waals surface area contributed by atoms with Crippen LogP contribution in [0.5, 0.6) is 11.5 Å². The number of hydrogen-bond acceptors (Lipinski definition) is 32. The Kier molecular flexibility index (Phi) is 34.7. The first-order chi connectivity index (χ1) is 58.1. The van der Waals surface area contributed by atoms with E-state index in [4.69, 9.17) is 34.4 Å². The van der Waals surface area contributed by atoms with Gasteiger partial charge in [-0.1, -0.05) is 10.4 Å². The Morgan fingerprint density at radius 3 is 1.66 bits per heavy atom. The zero-order chi connectivity index (χ0) is 89.8. The van der Waals surface area contributed by atoms with Gasteiger partial charge in [-0.2, -0.15) is 25.3 Å². The molecule has 0 saturated carbocycles. The number of fused-ring (bicyclic) bond motifs is 4. The number of nitrogens with one attached hydrogen (secondary N) is 8. The second-order valence-electron chi connectivity index (χ2n) is 31.0. The van der Waals surface area contributed by atoms with E-state index >= 15 is 0 Å². The van der Waals surface area contributed by atoms with Gasteiger partial charge in [0.15, 0.2) is 24.1 Å². The molecule has 5 aliphatic rings. The van der Waals surface area contributed by atoms with E-state index < -0.39 is 201 Å². The van der Waals surface area contributed by atoms with E-state index in [0.717, 1.165) is 45.1 Å². The van der Waals surface area contributed by atoms with Crippen LogP contribution in [0.4, 0.5) is 11.4 Å². The van der Waals surface area contributed by atoms with Gasteiger partial charge >= 0.3 is 20.8 Å². The van der Waals surface area contributed by atoms with Gasteiger partial charge in [0.2, 0.25) is 58.5 Å². The van der Waals surface area contributed by atoms with E-state index in [1.165, 1.54) is 34.2 Å². The molecule has 2 aromatic heterocycles. The highest BCUT2D eigenvalue weighted by Crippen LogP contribution is 2.50. The lowest BCUT2D eigenvalue weighted by Gasteiger charge is -2.48. The van der Waals surface area contributed by atoms with E-state index in [9.17, 15) is 102 Å². The van der Waals surface area contributed by atoms with Crippen molar-refractivity contribution in [1.82, 2.24) is 77.1 Å². The molecule has 50 heteroatoms. The number of primary amides is 1. The van der Waals surface area contributed by atoms with Crippen LogP contribution in [0.2, 0.25) is 0 Å². The van der Waals surface area contributed by atoms with Crippen LogP contribution < -0.4 is 73.2 Å². The number of benzene rings is 2. The Labute approximate surface area is 707 Å². The van der Waals surface area contributed by atoms with Crippen LogP contribution in [0.25, 0.3) is 0 Å². The maximum absolute atomic E-state index is 14.0. The van der Waals surface area contributed by atoms with Crippen molar-refractivity contribution in [2.75, 3.05) is 63.1 Å². The smallest absolute Gasteiger partial charge is 0.397 e. The number of unbranched alkanes of at least 4 members (excludes halogenated alkanes) is 3. The summed E-state index contributed by atoms with van der Waals surface area (Å²) in [7, 11) is -14.7. The van der Waals surface area contributed by atoms with Crippen LogP contribution in [0, 0.1) is 0 Å². The van der Waals surface area contributed by atoms with Gasteiger partial charge in [0.1, 0.15) is 102 Å². The molecular formula is C73H109N18O29S3+. The van der Waals surface area contributed by atoms with Crippen LogP contribution in [0.3, 0.4) is 0 Å². The van der Waals surface area contributed by atoms with Crippen LogP contribution in [-0.2, 0) is 134 Å². The minimum absolute atomic E-state index is 0.0345. The molecule has 5 aliphatic heterocycles. The van der Waals surface area contributed by atoms with E-state index in [1.54, 1.807) is 0 Å². The van der Waals surface area contributed by atoms with Gasteiger partial charge in [-0.25, -0.2) is 17.9 Å². The van der Waals surface area contributed by atoms with E-state index in [0.29, 0.717) is 72.4 Å². The van der Waals surface area contributed by atoms with Crippen molar-refractivity contribution in [2.45, 2.75) is 249 Å². The van der Waals surface area contributed by atoms with Crippen molar-refractivity contribution in [1.29, 1.82) is 0 Å². The van der Waals surface area contributed by atoms with Gasteiger partial charge in [-0.3, -0.25) is 66.2 Å². The summed E-state index contributed by atoms with van der Waals surface area (Å²) in [5.41, 5.74) is 8.53. The van der Waals surface area contributed by atoms with Crippen molar-refractivity contribution in [3.8, 4) is 11.5 Å². The summed E-state index contributed by atoms with van der Waals surface area (Å²) in [6.45, 7) is 8.09. The quantitative estimate of drug-likeness (QED) is 0.00985. The number of amides is 9. The molecular weight excluding hydrogens is 1690 g/mol. The fraction of sp³-hybridized carbons (Fsp3) is 0.658. The monoisotopic (exact) mass is 1800 g/mol. The average molecular weight is 1800 g/mol. The molecule has 2 fully saturated rings. The molecule has 4 aromatic rings. The Morgan fingerprint density at radius 1 is 0.642 bits per heavy atom. The normalized spacial score (nSPS) is 22.4. The molecule has 0 spiro atoms. The second-order valence-corrected chi connectivity index (χ2v) is 34.6. The number of anilines is 1. The molecule has 2 saturated heterocycles. The Morgan fingerprint density at radius 2 is 1.16 bits per heavy atom. The lowest BCUT2D eigenvalue weighted by molar-refractivity contribution is -0.269. The molecule has 0 bridgehead atoms. The summed E-state index contributed by atoms with van der Waals surface area (Å²) in [4.78, 5) is 124. The SMILES string of the molecule is CC[N+]1=c2cc3c(cc2CCC1)=Nc1cc2c(cc1O3)N(CCCC(=O)NCCCC[C@H](NC(=O)CNC(=O)[C@H](CCCCn1cc(CO[C@@H]3O[C@H](CO)[C@H](OS(=O)(=O)O)[C@H](O)[C@H]3NC(C)=O)nn1)NC(=O)CNC(=O)[C@H](CCCCn1cc(CO[C@@H]3O[C@H](CO)[C@H](OS(=O)(=O)O)[C@H](O)[C@H]3NC(C)=O)nn1)NC(C)=O)C(N)=O)C(C)(C)CC2CS(=O)(=O)O. The van der Waals surface area contributed by atoms with Crippen LogP contribution in [-0.4, -0.2) is 286 Å². The van der Waals surface area contributed by atoms with Gasteiger partial charge in [0.25, 0.3) is 10.1 Å². The highest BCUT2D eigenvalue weighted by Gasteiger charge is 2.51. The second kappa shape index (κ2) is 43.9. The molecule has 2 aromatic carbocycles. The zero-order valence-corrected chi connectivity index (χ0v) is 71.0. The molecule has 17 N–H and O–H groups in total. The predicted molar refractivity (Wildman–Crippen MR) is 425 cm³/mol. The highest BCUT2D eigenvalue weighted by atomic mass is 32.3. The number of aliphatic hydroxyl groups is 4. The Hall–Kier alpha value is -9.52. The number of carbonyl (C=O) groups excluding carboxylic acids is 9. The van der Waals surface area contributed by atoms with E-state index in [-0.39, 0.29) is 95.1 Å². The summed E-state index contributed by atoms with van der Waals surface area (Å²) in [5.74, 6) is -6.52. The number of aliphatic hydroxyl groups excluding tert-OH is 4. The van der Waals surface area contributed by atoms with Crippen molar-refractivity contribution in [2.24, 2.45) is 10.7 Å². The van der Waals surface area contributed by atoms with Gasteiger partial charge in [0.05, 0.1) is 63.7 Å². The van der Waals surface area contributed by atoms with Gasteiger partial charge in [0, 0.05) is 88.6 Å². The number of ether oxygens (including phenoxy) is 5. The maximum Gasteiger partial charge on any atom is 0.397 e. The molecule has 123 heavy (non-hydrogen) atoms. The number of aromatic nitrogens is 6. The number of nitrogens with two attached hydrogens (primary N) is 1. The molecule has 47 nitrogen and oxygen atoms in total. The standard InChI is InChI=1S/C73H108N18O29S3/c1-7-88-22-14-16-43-26-51-55(28-53(43)88)116-56-29-54-47(27-52(56)81-51)44(39-121(105,106)107)30-73(5,6)91(54)25-15-20-59(97)75-21-11-8-17-48(68(74)102)82-60(98)31-77-70(104)50(19-10-13-24-90-34-46(85-87-90)38-115-72-63(80-42(4)96)65(101)67(58(36-93)118-72)120-123(111,112)113)83-61(99)32-76-69(103)49(78-40(2)94)18-9-12-23-89-33-45(84-86-89)37-114-71-62(79-41(3)95)64(100)66(57(35-92)117-71)119-122(108,109)110/h26-29,33-34,44,48-50,57-58,62-67,71-72,92-93,100-101H,7-25,30-32,35-39H2,1-6H3,(H12-,74,75,76,77,78,79,80,82,83,94,95,96,97,98,99,102,103,104,105,106,107,108,109,110,111,112,113)/p+1/t44?,48-,49-,50-,57+,58+,62+,63+,64+,65+,66-,67-,71+,72+/m0/s1. The highest BCUT2D eigenvalue weighted by molar-refractivity contribution is 7.85. The summed E-state index contributed by atoms with van der Waals surface area (Å²) in [6, 6.07) is 1.02. The number of nitrogens with zero attached hydrogens (tertiary/aromatic N) is 9. The van der Waals surface area contributed by atoms with Crippen LogP contribution in [0.1, 0.15) is 153 Å². The number of aryl methyl sites for hydroxylation is 3. The minimum Gasteiger partial charge on any atom is -0.452 e. The fourth-order valence-electron chi connectivity index (χ4n) is 15.4.